The SMILES string of the molecule is Cc1nc2ccccc2nc1Nc1cccc(-c2csc(-c3ccccc3Cl)n2)c1. The molecule has 0 amide bonds. The lowest BCUT2D eigenvalue weighted by atomic mass is 10.1. The molecule has 5 aromatic rings. The summed E-state index contributed by atoms with van der Waals surface area (Å²) in [5, 5.41) is 7.07. The zero-order valence-corrected chi connectivity index (χ0v) is 17.7. The molecule has 2 aromatic heterocycles. The van der Waals surface area contributed by atoms with Gasteiger partial charge in [0.1, 0.15) is 5.01 Å². The number of aromatic nitrogens is 3. The molecule has 4 nitrogen and oxygen atoms in total. The van der Waals surface area contributed by atoms with Gasteiger partial charge in [0.15, 0.2) is 5.82 Å². The van der Waals surface area contributed by atoms with Gasteiger partial charge in [0.25, 0.3) is 0 Å². The third-order valence-electron chi connectivity index (χ3n) is 4.77. The summed E-state index contributed by atoms with van der Waals surface area (Å²) in [7, 11) is 0. The molecule has 0 radical (unpaired) electrons. The molecule has 0 fully saturated rings. The van der Waals surface area contributed by atoms with Gasteiger partial charge >= 0.3 is 0 Å². The van der Waals surface area contributed by atoms with Crippen LogP contribution in [0.4, 0.5) is 11.5 Å². The summed E-state index contributed by atoms with van der Waals surface area (Å²) in [6.07, 6.45) is 0. The van der Waals surface area contributed by atoms with Gasteiger partial charge in [-0.1, -0.05) is 54.1 Å². The first-order valence-electron chi connectivity index (χ1n) is 9.49. The van der Waals surface area contributed by atoms with Crippen LogP contribution in [0.1, 0.15) is 5.69 Å². The van der Waals surface area contributed by atoms with Crippen molar-refractivity contribution in [3.63, 3.8) is 0 Å². The maximum atomic E-state index is 6.33. The van der Waals surface area contributed by atoms with Gasteiger partial charge in [-0.15, -0.1) is 11.3 Å². The number of hydrogen-bond donors (Lipinski definition) is 1. The Bertz CT molecular complexity index is 1360. The van der Waals surface area contributed by atoms with Gasteiger partial charge in [-0.3, -0.25) is 0 Å². The number of aryl methyl sites for hydroxylation is 1. The summed E-state index contributed by atoms with van der Waals surface area (Å²) >= 11 is 7.92. The van der Waals surface area contributed by atoms with Crippen molar-refractivity contribution in [3.8, 4) is 21.8 Å². The molecule has 0 saturated carbocycles. The monoisotopic (exact) mass is 428 g/mol. The van der Waals surface area contributed by atoms with Crippen molar-refractivity contribution in [1.29, 1.82) is 0 Å². The lowest BCUT2D eigenvalue weighted by molar-refractivity contribution is 1.18. The molecule has 1 N–H and O–H groups in total. The van der Waals surface area contributed by atoms with Crippen molar-refractivity contribution in [2.75, 3.05) is 5.32 Å². The summed E-state index contributed by atoms with van der Waals surface area (Å²) < 4.78 is 0. The zero-order valence-electron chi connectivity index (χ0n) is 16.1. The highest BCUT2D eigenvalue weighted by molar-refractivity contribution is 7.13. The first kappa shape index (κ1) is 18.7. The predicted molar refractivity (Wildman–Crippen MR) is 126 cm³/mol. The molecule has 0 unspecified atom stereocenters. The number of rotatable bonds is 4. The molecule has 3 aromatic carbocycles. The van der Waals surface area contributed by atoms with Crippen LogP contribution >= 0.6 is 22.9 Å². The summed E-state index contributed by atoms with van der Waals surface area (Å²) in [5.74, 6) is 0.751. The van der Waals surface area contributed by atoms with E-state index in [9.17, 15) is 0 Å². The van der Waals surface area contributed by atoms with Gasteiger partial charge in [-0.25, -0.2) is 15.0 Å². The Morgan fingerprint density at radius 3 is 2.43 bits per heavy atom. The van der Waals surface area contributed by atoms with Crippen molar-refractivity contribution in [3.05, 3.63) is 88.9 Å². The van der Waals surface area contributed by atoms with E-state index in [1.54, 1.807) is 11.3 Å². The van der Waals surface area contributed by atoms with E-state index in [-0.39, 0.29) is 0 Å². The summed E-state index contributed by atoms with van der Waals surface area (Å²) in [6, 6.07) is 23.8. The van der Waals surface area contributed by atoms with Gasteiger partial charge in [0.05, 0.1) is 27.4 Å². The number of benzene rings is 3. The first-order valence-corrected chi connectivity index (χ1v) is 10.7. The lowest BCUT2D eigenvalue weighted by Gasteiger charge is -2.10. The van der Waals surface area contributed by atoms with Crippen molar-refractivity contribution < 1.29 is 0 Å². The highest BCUT2D eigenvalue weighted by Crippen LogP contribution is 2.34. The number of para-hydroxylation sites is 2. The number of halogens is 1. The number of thiazole rings is 1. The fourth-order valence-electron chi connectivity index (χ4n) is 3.26. The van der Waals surface area contributed by atoms with Crippen molar-refractivity contribution in [1.82, 2.24) is 15.0 Å². The summed E-state index contributed by atoms with van der Waals surface area (Å²) in [6.45, 7) is 1.96. The second-order valence-electron chi connectivity index (χ2n) is 6.87. The molecule has 0 saturated heterocycles. The van der Waals surface area contributed by atoms with Crippen LogP contribution in [0.25, 0.3) is 32.9 Å². The van der Waals surface area contributed by atoms with Crippen LogP contribution in [0, 0.1) is 6.92 Å². The van der Waals surface area contributed by atoms with Crippen molar-refractivity contribution in [2.24, 2.45) is 0 Å². The smallest absolute Gasteiger partial charge is 0.152 e. The third kappa shape index (κ3) is 3.65. The van der Waals surface area contributed by atoms with Crippen LogP contribution in [0.2, 0.25) is 5.02 Å². The topological polar surface area (TPSA) is 50.7 Å². The minimum atomic E-state index is 0.708. The Labute approximate surface area is 183 Å². The molecule has 0 aliphatic rings. The molecule has 0 atom stereocenters. The quantitative estimate of drug-likeness (QED) is 0.331. The highest BCUT2D eigenvalue weighted by atomic mass is 35.5. The number of nitrogens with zero attached hydrogens (tertiary/aromatic N) is 3. The van der Waals surface area contributed by atoms with E-state index in [0.717, 1.165) is 50.1 Å². The predicted octanol–water partition coefficient (Wildman–Crippen LogP) is 7.13. The van der Waals surface area contributed by atoms with Crippen molar-refractivity contribution in [2.45, 2.75) is 6.92 Å². The van der Waals surface area contributed by atoms with E-state index >= 15 is 0 Å². The van der Waals surface area contributed by atoms with Crippen LogP contribution in [0.15, 0.2) is 78.2 Å². The molecule has 30 heavy (non-hydrogen) atoms. The van der Waals surface area contributed by atoms with Crippen LogP contribution in [0.5, 0.6) is 0 Å². The molecule has 2 heterocycles. The van der Waals surface area contributed by atoms with Crippen molar-refractivity contribution >= 4 is 45.5 Å². The fraction of sp³-hybridized carbons (Fsp3) is 0.0417. The molecule has 0 aliphatic heterocycles. The minimum Gasteiger partial charge on any atom is -0.339 e. The van der Waals surface area contributed by atoms with E-state index in [2.05, 4.69) is 27.8 Å². The molecular formula is C24H17ClN4S. The van der Waals surface area contributed by atoms with Gasteiger partial charge in [0.2, 0.25) is 0 Å². The zero-order chi connectivity index (χ0) is 20.5. The Hall–Kier alpha value is -3.28. The second-order valence-corrected chi connectivity index (χ2v) is 8.14. The minimum absolute atomic E-state index is 0.708. The van der Waals surface area contributed by atoms with Crippen LogP contribution in [-0.4, -0.2) is 15.0 Å². The second kappa shape index (κ2) is 7.86. The largest absolute Gasteiger partial charge is 0.339 e. The van der Waals surface area contributed by atoms with Gasteiger partial charge in [-0.2, -0.15) is 0 Å². The first-order chi connectivity index (χ1) is 14.7. The van der Waals surface area contributed by atoms with Gasteiger partial charge in [-0.05, 0) is 37.3 Å². The molecule has 0 spiro atoms. The number of nitrogens with one attached hydrogen (secondary N) is 1. The van der Waals surface area contributed by atoms with Crippen LogP contribution in [-0.2, 0) is 0 Å². The third-order valence-corrected chi connectivity index (χ3v) is 5.98. The van der Waals surface area contributed by atoms with E-state index in [4.69, 9.17) is 21.6 Å². The standard InChI is InChI=1S/C24H17ClN4S/c1-15-23(28-21-12-5-4-11-20(21)26-15)27-17-8-6-7-16(13-17)22-14-30-24(29-22)18-9-2-3-10-19(18)25/h2-14H,1H3,(H,27,28). The van der Waals surface area contributed by atoms with Crippen LogP contribution in [0.3, 0.4) is 0 Å². The average Bonchev–Trinajstić information content (AvgIpc) is 3.25. The number of hydrogen-bond acceptors (Lipinski definition) is 5. The van der Waals surface area contributed by atoms with E-state index < -0.39 is 0 Å². The molecular weight excluding hydrogens is 412 g/mol. The fourth-order valence-corrected chi connectivity index (χ4v) is 4.41. The number of fused-ring (bicyclic) bond motifs is 1. The summed E-state index contributed by atoms with van der Waals surface area (Å²) in [5.41, 5.74) is 6.45. The van der Waals surface area contributed by atoms with Crippen LogP contribution < -0.4 is 5.32 Å². The Kier molecular flexibility index (Phi) is 4.91. The molecule has 146 valence electrons. The normalized spacial score (nSPS) is 11.0. The van der Waals surface area contributed by atoms with E-state index in [0.29, 0.717) is 5.02 Å². The maximum Gasteiger partial charge on any atom is 0.152 e. The van der Waals surface area contributed by atoms with E-state index in [1.807, 2.05) is 67.6 Å². The Morgan fingerprint density at radius 1 is 0.833 bits per heavy atom. The molecule has 5 rings (SSSR count). The Morgan fingerprint density at radius 2 is 1.60 bits per heavy atom. The molecule has 6 heteroatoms. The van der Waals surface area contributed by atoms with Gasteiger partial charge in [0, 0.05) is 22.2 Å². The average molecular weight is 429 g/mol. The van der Waals surface area contributed by atoms with Gasteiger partial charge < -0.3 is 5.32 Å². The summed E-state index contributed by atoms with van der Waals surface area (Å²) in [4.78, 5) is 14.2. The van der Waals surface area contributed by atoms with E-state index in [1.165, 1.54) is 0 Å². The maximum absolute atomic E-state index is 6.33. The highest BCUT2D eigenvalue weighted by Gasteiger charge is 2.11. The molecule has 0 aliphatic carbocycles. The number of anilines is 2. The lowest BCUT2D eigenvalue weighted by Crippen LogP contribution is -1.99. The Balaban J connectivity index is 1.46. The molecule has 0 bridgehead atoms.